The van der Waals surface area contributed by atoms with Crippen LogP contribution in [0.2, 0.25) is 5.02 Å². The highest BCUT2D eigenvalue weighted by molar-refractivity contribution is 6.31. The smallest absolute Gasteiger partial charge is 0.124 e. The van der Waals surface area contributed by atoms with Crippen LogP contribution in [-0.4, -0.2) is 7.05 Å². The van der Waals surface area contributed by atoms with Crippen molar-refractivity contribution < 1.29 is 4.39 Å². The van der Waals surface area contributed by atoms with Crippen molar-refractivity contribution in [3.63, 3.8) is 0 Å². The molecule has 1 rings (SSSR count). The van der Waals surface area contributed by atoms with Gasteiger partial charge in [0.25, 0.3) is 0 Å². The first-order chi connectivity index (χ1) is 5.65. The molecule has 0 radical (unpaired) electrons. The topological polar surface area (TPSA) is 12.0 Å². The Hall–Kier alpha value is -0.600. The highest BCUT2D eigenvalue weighted by atomic mass is 35.5. The minimum atomic E-state index is -0.299. The molecule has 0 saturated heterocycles. The maximum absolute atomic E-state index is 12.6. The number of rotatable bonds is 2. The normalized spacial score (nSPS) is 13.0. The standard InChI is InChI=1S/C9H11ClFN/c1-6(12-2)8-4-3-7(11)5-9(8)10/h3-6,12H,1-2H3. The van der Waals surface area contributed by atoms with Crippen molar-refractivity contribution >= 4 is 11.6 Å². The summed E-state index contributed by atoms with van der Waals surface area (Å²) < 4.78 is 12.6. The molecule has 0 fully saturated rings. The predicted octanol–water partition coefficient (Wildman–Crippen LogP) is 2.76. The molecule has 1 N–H and O–H groups in total. The molecule has 1 aromatic rings. The second-order valence-corrected chi connectivity index (χ2v) is 3.08. The van der Waals surface area contributed by atoms with Gasteiger partial charge in [0.15, 0.2) is 0 Å². The lowest BCUT2D eigenvalue weighted by molar-refractivity contribution is 0.619. The molecule has 1 nitrogen and oxygen atoms in total. The van der Waals surface area contributed by atoms with Crippen molar-refractivity contribution in [1.29, 1.82) is 0 Å². The minimum Gasteiger partial charge on any atom is -0.313 e. The molecular formula is C9H11ClFN. The second kappa shape index (κ2) is 3.87. The molecule has 0 saturated carbocycles. The van der Waals surface area contributed by atoms with Crippen LogP contribution in [-0.2, 0) is 0 Å². The molecule has 66 valence electrons. The fourth-order valence-electron chi connectivity index (χ4n) is 1.01. The highest BCUT2D eigenvalue weighted by Gasteiger charge is 2.07. The van der Waals surface area contributed by atoms with E-state index in [1.165, 1.54) is 12.1 Å². The van der Waals surface area contributed by atoms with E-state index in [4.69, 9.17) is 11.6 Å². The Balaban J connectivity index is 3.01. The molecule has 0 aliphatic heterocycles. The molecule has 1 aromatic carbocycles. The van der Waals surface area contributed by atoms with Gasteiger partial charge in [-0.1, -0.05) is 17.7 Å². The van der Waals surface area contributed by atoms with Gasteiger partial charge in [-0.25, -0.2) is 4.39 Å². The molecule has 0 heterocycles. The van der Waals surface area contributed by atoms with E-state index in [1.54, 1.807) is 6.07 Å². The van der Waals surface area contributed by atoms with Crippen LogP contribution in [0.5, 0.6) is 0 Å². The van der Waals surface area contributed by atoms with Crippen molar-refractivity contribution in [1.82, 2.24) is 5.32 Å². The Morgan fingerprint density at radius 2 is 2.17 bits per heavy atom. The molecule has 0 aliphatic carbocycles. The van der Waals surface area contributed by atoms with E-state index in [9.17, 15) is 4.39 Å². The van der Waals surface area contributed by atoms with Crippen molar-refractivity contribution in [2.45, 2.75) is 13.0 Å². The number of hydrogen-bond acceptors (Lipinski definition) is 1. The minimum absolute atomic E-state index is 0.151. The zero-order valence-corrected chi connectivity index (χ0v) is 7.82. The van der Waals surface area contributed by atoms with Crippen LogP contribution in [0.25, 0.3) is 0 Å². The molecule has 1 atom stereocenters. The Labute approximate surface area is 76.5 Å². The fraction of sp³-hybridized carbons (Fsp3) is 0.333. The average Bonchev–Trinajstić information content (AvgIpc) is 2.03. The Bertz CT molecular complexity index is 275. The summed E-state index contributed by atoms with van der Waals surface area (Å²) in [5.74, 6) is -0.299. The fourth-order valence-corrected chi connectivity index (χ4v) is 1.34. The zero-order chi connectivity index (χ0) is 9.14. The van der Waals surface area contributed by atoms with Gasteiger partial charge < -0.3 is 5.32 Å². The third-order valence-corrected chi connectivity index (χ3v) is 2.19. The van der Waals surface area contributed by atoms with Gasteiger partial charge in [-0.15, -0.1) is 0 Å². The number of halogens is 2. The van der Waals surface area contributed by atoms with Crippen LogP contribution in [0.4, 0.5) is 4.39 Å². The van der Waals surface area contributed by atoms with Gasteiger partial charge >= 0.3 is 0 Å². The molecule has 3 heteroatoms. The Morgan fingerprint density at radius 3 is 2.67 bits per heavy atom. The van der Waals surface area contributed by atoms with Gasteiger partial charge in [0, 0.05) is 11.1 Å². The van der Waals surface area contributed by atoms with Crippen LogP contribution in [0, 0.1) is 5.82 Å². The lowest BCUT2D eigenvalue weighted by atomic mass is 10.1. The van der Waals surface area contributed by atoms with Gasteiger partial charge in [0.2, 0.25) is 0 Å². The molecule has 12 heavy (non-hydrogen) atoms. The lowest BCUT2D eigenvalue weighted by Crippen LogP contribution is -2.12. The SMILES string of the molecule is CNC(C)c1ccc(F)cc1Cl. The predicted molar refractivity (Wildman–Crippen MR) is 48.9 cm³/mol. The quantitative estimate of drug-likeness (QED) is 0.751. The van der Waals surface area contributed by atoms with Crippen LogP contribution in [0.15, 0.2) is 18.2 Å². The summed E-state index contributed by atoms with van der Waals surface area (Å²) in [6.07, 6.45) is 0. The van der Waals surface area contributed by atoms with Crippen LogP contribution < -0.4 is 5.32 Å². The number of nitrogens with one attached hydrogen (secondary N) is 1. The van der Waals surface area contributed by atoms with E-state index in [2.05, 4.69) is 5.32 Å². The first-order valence-corrected chi connectivity index (χ1v) is 4.15. The van der Waals surface area contributed by atoms with Gasteiger partial charge in [0.05, 0.1) is 0 Å². The molecule has 0 aromatic heterocycles. The summed E-state index contributed by atoms with van der Waals surface area (Å²) in [6.45, 7) is 1.97. The second-order valence-electron chi connectivity index (χ2n) is 2.68. The van der Waals surface area contributed by atoms with E-state index < -0.39 is 0 Å². The largest absolute Gasteiger partial charge is 0.313 e. The number of benzene rings is 1. The van der Waals surface area contributed by atoms with Gasteiger partial charge in [0.1, 0.15) is 5.82 Å². The van der Waals surface area contributed by atoms with Crippen LogP contribution in [0.3, 0.4) is 0 Å². The summed E-state index contributed by atoms with van der Waals surface area (Å²) in [5, 5.41) is 3.50. The van der Waals surface area contributed by atoms with Crippen molar-refractivity contribution in [2.75, 3.05) is 7.05 Å². The molecule has 1 unspecified atom stereocenters. The van der Waals surface area contributed by atoms with Gasteiger partial charge in [-0.3, -0.25) is 0 Å². The summed E-state index contributed by atoms with van der Waals surface area (Å²) in [7, 11) is 1.84. The number of hydrogen-bond donors (Lipinski definition) is 1. The maximum atomic E-state index is 12.6. The monoisotopic (exact) mass is 187 g/mol. The third kappa shape index (κ3) is 1.96. The molecular weight excluding hydrogens is 177 g/mol. The van der Waals surface area contributed by atoms with E-state index >= 15 is 0 Å². The first kappa shape index (κ1) is 9.49. The maximum Gasteiger partial charge on any atom is 0.124 e. The lowest BCUT2D eigenvalue weighted by Gasteiger charge is -2.11. The van der Waals surface area contributed by atoms with Crippen LogP contribution in [0.1, 0.15) is 18.5 Å². The molecule has 0 spiro atoms. The van der Waals surface area contributed by atoms with Crippen molar-refractivity contribution in [2.24, 2.45) is 0 Å². The molecule has 0 amide bonds. The van der Waals surface area contributed by atoms with Gasteiger partial charge in [-0.05, 0) is 31.7 Å². The zero-order valence-electron chi connectivity index (χ0n) is 7.07. The summed E-state index contributed by atoms with van der Waals surface area (Å²) >= 11 is 5.82. The Morgan fingerprint density at radius 1 is 1.50 bits per heavy atom. The third-order valence-electron chi connectivity index (χ3n) is 1.86. The first-order valence-electron chi connectivity index (χ1n) is 3.77. The van der Waals surface area contributed by atoms with Crippen LogP contribution >= 0.6 is 11.6 Å². The van der Waals surface area contributed by atoms with Gasteiger partial charge in [-0.2, -0.15) is 0 Å². The molecule has 0 bridgehead atoms. The van der Waals surface area contributed by atoms with Crippen molar-refractivity contribution in [3.05, 3.63) is 34.6 Å². The summed E-state index contributed by atoms with van der Waals surface area (Å²) in [5.41, 5.74) is 0.917. The Kier molecular flexibility index (Phi) is 3.06. The van der Waals surface area contributed by atoms with E-state index in [0.717, 1.165) is 5.56 Å². The average molecular weight is 188 g/mol. The van der Waals surface area contributed by atoms with E-state index in [-0.39, 0.29) is 11.9 Å². The van der Waals surface area contributed by atoms with Crippen molar-refractivity contribution in [3.8, 4) is 0 Å². The highest BCUT2D eigenvalue weighted by Crippen LogP contribution is 2.22. The van der Waals surface area contributed by atoms with E-state index in [1.807, 2.05) is 14.0 Å². The summed E-state index contributed by atoms with van der Waals surface area (Å²) in [6, 6.07) is 4.58. The molecule has 0 aliphatic rings. The van der Waals surface area contributed by atoms with E-state index in [0.29, 0.717) is 5.02 Å². The summed E-state index contributed by atoms with van der Waals surface area (Å²) in [4.78, 5) is 0.